The van der Waals surface area contributed by atoms with Gasteiger partial charge in [0.15, 0.2) is 0 Å². The van der Waals surface area contributed by atoms with Crippen LogP contribution in [0.3, 0.4) is 0 Å². The van der Waals surface area contributed by atoms with Gasteiger partial charge in [-0.15, -0.1) is 0 Å². The highest BCUT2D eigenvalue weighted by molar-refractivity contribution is 5.94. The van der Waals surface area contributed by atoms with Crippen LogP contribution in [0, 0.1) is 11.8 Å². The van der Waals surface area contributed by atoms with Crippen molar-refractivity contribution < 1.29 is 4.79 Å². The maximum Gasteiger partial charge on any atom is 0.254 e. The Kier molecular flexibility index (Phi) is 4.44. The fourth-order valence-corrected chi connectivity index (χ4v) is 4.77. The third kappa shape index (κ3) is 3.14. The van der Waals surface area contributed by atoms with Crippen LogP contribution in [0.1, 0.15) is 42.5 Å². The van der Waals surface area contributed by atoms with Gasteiger partial charge < -0.3 is 15.1 Å². The number of rotatable bonds is 3. The van der Waals surface area contributed by atoms with Crippen LogP contribution >= 0.6 is 0 Å². The summed E-state index contributed by atoms with van der Waals surface area (Å²) in [4.78, 5) is 21.4. The number of piperazine rings is 1. The molecule has 1 N–H and O–H groups in total. The summed E-state index contributed by atoms with van der Waals surface area (Å²) >= 11 is 0. The molecule has 24 heavy (non-hydrogen) atoms. The number of nitrogens with one attached hydrogen (secondary N) is 1. The summed E-state index contributed by atoms with van der Waals surface area (Å²) in [6.45, 7) is 3.53. The average Bonchev–Trinajstić information content (AvgIpc) is 3.20. The van der Waals surface area contributed by atoms with E-state index in [2.05, 4.69) is 22.2 Å². The number of anilines is 1. The SMILES string of the molecule is CN1CCN(C(=O)c2ccnc(N[C@@H]3CC[C@H]4CCC[C@H]43)c2)CC1. The highest BCUT2D eigenvalue weighted by Crippen LogP contribution is 2.44. The van der Waals surface area contributed by atoms with Gasteiger partial charge in [-0.25, -0.2) is 4.98 Å². The van der Waals surface area contributed by atoms with Crippen LogP contribution in [-0.2, 0) is 0 Å². The van der Waals surface area contributed by atoms with Gasteiger partial charge in [-0.1, -0.05) is 12.8 Å². The molecule has 130 valence electrons. The van der Waals surface area contributed by atoms with E-state index in [1.165, 1.54) is 32.1 Å². The Balaban J connectivity index is 1.42. The smallest absolute Gasteiger partial charge is 0.254 e. The van der Waals surface area contributed by atoms with Gasteiger partial charge in [0, 0.05) is 44.0 Å². The Morgan fingerprint density at radius 2 is 2.00 bits per heavy atom. The third-order valence-electron chi connectivity index (χ3n) is 6.21. The van der Waals surface area contributed by atoms with Crippen molar-refractivity contribution in [1.82, 2.24) is 14.8 Å². The molecule has 1 aliphatic heterocycles. The van der Waals surface area contributed by atoms with Crippen molar-refractivity contribution in [1.29, 1.82) is 0 Å². The Bertz CT molecular complexity index is 597. The van der Waals surface area contributed by atoms with E-state index >= 15 is 0 Å². The van der Waals surface area contributed by atoms with Crippen molar-refractivity contribution in [2.45, 2.75) is 38.1 Å². The van der Waals surface area contributed by atoms with Gasteiger partial charge in [0.2, 0.25) is 0 Å². The highest BCUT2D eigenvalue weighted by atomic mass is 16.2. The first-order valence-electron chi connectivity index (χ1n) is 9.41. The molecule has 4 rings (SSSR count). The maximum absolute atomic E-state index is 12.7. The van der Waals surface area contributed by atoms with Gasteiger partial charge in [0.05, 0.1) is 0 Å². The summed E-state index contributed by atoms with van der Waals surface area (Å²) < 4.78 is 0. The number of pyridine rings is 1. The summed E-state index contributed by atoms with van der Waals surface area (Å²) in [5, 5.41) is 3.63. The van der Waals surface area contributed by atoms with E-state index in [0.29, 0.717) is 6.04 Å². The van der Waals surface area contributed by atoms with Crippen LogP contribution in [0.4, 0.5) is 5.82 Å². The van der Waals surface area contributed by atoms with Crippen molar-refractivity contribution >= 4 is 11.7 Å². The van der Waals surface area contributed by atoms with E-state index in [-0.39, 0.29) is 5.91 Å². The van der Waals surface area contributed by atoms with Crippen molar-refractivity contribution in [2.24, 2.45) is 11.8 Å². The quantitative estimate of drug-likeness (QED) is 0.926. The first-order chi connectivity index (χ1) is 11.7. The molecule has 3 atom stereocenters. The van der Waals surface area contributed by atoms with Gasteiger partial charge in [-0.2, -0.15) is 0 Å². The molecule has 2 saturated carbocycles. The minimum atomic E-state index is 0.138. The molecule has 5 nitrogen and oxygen atoms in total. The topological polar surface area (TPSA) is 48.5 Å². The van der Waals surface area contributed by atoms with Gasteiger partial charge in [-0.05, 0) is 50.3 Å². The van der Waals surface area contributed by atoms with Crippen molar-refractivity contribution in [3.8, 4) is 0 Å². The second kappa shape index (κ2) is 6.71. The predicted molar refractivity (Wildman–Crippen MR) is 95.1 cm³/mol. The van der Waals surface area contributed by atoms with Gasteiger partial charge in [-0.3, -0.25) is 4.79 Å². The molecule has 1 saturated heterocycles. The Morgan fingerprint density at radius 1 is 1.17 bits per heavy atom. The second-order valence-corrected chi connectivity index (χ2v) is 7.71. The Hall–Kier alpha value is -1.62. The number of aromatic nitrogens is 1. The molecular weight excluding hydrogens is 300 g/mol. The van der Waals surface area contributed by atoms with Crippen LogP contribution in [0.25, 0.3) is 0 Å². The molecule has 1 amide bonds. The molecule has 0 unspecified atom stereocenters. The monoisotopic (exact) mass is 328 g/mol. The van der Waals surface area contributed by atoms with Gasteiger partial charge >= 0.3 is 0 Å². The zero-order chi connectivity index (χ0) is 16.5. The van der Waals surface area contributed by atoms with Gasteiger partial charge in [0.25, 0.3) is 5.91 Å². The fourth-order valence-electron chi connectivity index (χ4n) is 4.77. The molecule has 0 aromatic carbocycles. The van der Waals surface area contributed by atoms with E-state index in [0.717, 1.165) is 49.4 Å². The normalized spacial score (nSPS) is 30.4. The molecule has 3 fully saturated rings. The predicted octanol–water partition coefficient (Wildman–Crippen LogP) is 2.46. The van der Waals surface area contributed by atoms with E-state index in [1.54, 1.807) is 6.20 Å². The number of nitrogens with zero attached hydrogens (tertiary/aromatic N) is 3. The third-order valence-corrected chi connectivity index (χ3v) is 6.21. The lowest BCUT2D eigenvalue weighted by molar-refractivity contribution is 0.0664. The molecule has 2 heterocycles. The number of hydrogen-bond donors (Lipinski definition) is 1. The summed E-state index contributed by atoms with van der Waals surface area (Å²) in [6.07, 6.45) is 8.49. The molecular formula is C19H28N4O. The van der Waals surface area contributed by atoms with Crippen molar-refractivity contribution in [2.75, 3.05) is 38.5 Å². The first-order valence-corrected chi connectivity index (χ1v) is 9.41. The Morgan fingerprint density at radius 3 is 2.83 bits per heavy atom. The van der Waals surface area contributed by atoms with Crippen LogP contribution < -0.4 is 5.32 Å². The van der Waals surface area contributed by atoms with E-state index < -0.39 is 0 Å². The van der Waals surface area contributed by atoms with Crippen LogP contribution in [-0.4, -0.2) is 60.0 Å². The summed E-state index contributed by atoms with van der Waals surface area (Å²) in [6, 6.07) is 4.33. The molecule has 2 aliphatic carbocycles. The van der Waals surface area contributed by atoms with Crippen LogP contribution in [0.15, 0.2) is 18.3 Å². The number of hydrogen-bond acceptors (Lipinski definition) is 4. The standard InChI is InChI=1S/C19H28N4O/c1-22-9-11-23(12-10-22)19(24)15-7-8-20-18(13-15)21-17-6-5-14-3-2-4-16(14)17/h7-8,13-14,16-17H,2-6,9-12H2,1H3,(H,20,21)/t14-,16-,17-/m1/s1. The van der Waals surface area contributed by atoms with E-state index in [1.807, 2.05) is 17.0 Å². The highest BCUT2D eigenvalue weighted by Gasteiger charge is 2.39. The van der Waals surface area contributed by atoms with Crippen molar-refractivity contribution in [3.63, 3.8) is 0 Å². The minimum absolute atomic E-state index is 0.138. The van der Waals surface area contributed by atoms with E-state index in [4.69, 9.17) is 0 Å². The molecule has 1 aromatic rings. The van der Waals surface area contributed by atoms with Crippen LogP contribution in [0.2, 0.25) is 0 Å². The number of carbonyl (C=O) groups is 1. The van der Waals surface area contributed by atoms with Gasteiger partial charge in [0.1, 0.15) is 5.82 Å². The average molecular weight is 328 g/mol. The Labute approximate surface area is 144 Å². The fraction of sp³-hybridized carbons (Fsp3) is 0.684. The molecule has 5 heteroatoms. The lowest BCUT2D eigenvalue weighted by Gasteiger charge is -2.32. The molecule has 1 aromatic heterocycles. The van der Waals surface area contributed by atoms with E-state index in [9.17, 15) is 4.79 Å². The number of carbonyl (C=O) groups excluding carboxylic acids is 1. The minimum Gasteiger partial charge on any atom is -0.367 e. The summed E-state index contributed by atoms with van der Waals surface area (Å²) in [5.41, 5.74) is 0.762. The van der Waals surface area contributed by atoms with Crippen molar-refractivity contribution in [3.05, 3.63) is 23.9 Å². The maximum atomic E-state index is 12.7. The summed E-state index contributed by atoms with van der Waals surface area (Å²) in [5.74, 6) is 2.73. The number of amides is 1. The largest absolute Gasteiger partial charge is 0.367 e. The summed E-state index contributed by atoms with van der Waals surface area (Å²) in [7, 11) is 2.11. The number of fused-ring (bicyclic) bond motifs is 1. The molecule has 3 aliphatic rings. The zero-order valence-electron chi connectivity index (χ0n) is 14.6. The van der Waals surface area contributed by atoms with Crippen LogP contribution in [0.5, 0.6) is 0 Å². The molecule has 0 spiro atoms. The second-order valence-electron chi connectivity index (χ2n) is 7.71. The first kappa shape index (κ1) is 15.9. The lowest BCUT2D eigenvalue weighted by atomic mass is 9.97. The lowest BCUT2D eigenvalue weighted by Crippen LogP contribution is -2.47. The number of likely N-dealkylation sites (N-methyl/N-ethyl adjacent to an activating group) is 1. The molecule has 0 bridgehead atoms. The molecule has 0 radical (unpaired) electrons. The zero-order valence-corrected chi connectivity index (χ0v) is 14.6.